The standard InChI is InChI=1S/C6H14O5/c7-1-3-9-5-6-11-10-4-2-8/h7-8H,1-6H2. The third-order valence-corrected chi connectivity index (χ3v) is 0.805. The molecule has 0 aromatic rings. The highest BCUT2D eigenvalue weighted by atomic mass is 17.2. The Morgan fingerprint density at radius 2 is 1.36 bits per heavy atom. The third kappa shape index (κ3) is 9.80. The SMILES string of the molecule is OCCOCCOOCCO. The Kier molecular flexibility index (Phi) is 9.62. The van der Waals surface area contributed by atoms with Crippen molar-refractivity contribution in [2.24, 2.45) is 0 Å². The molecular formula is C6H14O5. The molecule has 0 saturated carbocycles. The normalized spacial score (nSPS) is 10.4. The number of aliphatic hydroxyl groups excluding tert-OH is 2. The summed E-state index contributed by atoms with van der Waals surface area (Å²) >= 11 is 0. The number of ether oxygens (including phenoxy) is 1. The lowest BCUT2D eigenvalue weighted by molar-refractivity contribution is -0.302. The van der Waals surface area contributed by atoms with Crippen molar-refractivity contribution in [3.8, 4) is 0 Å². The Morgan fingerprint density at radius 1 is 0.727 bits per heavy atom. The number of hydrogen-bond donors (Lipinski definition) is 2. The smallest absolute Gasteiger partial charge is 0.106 e. The summed E-state index contributed by atoms with van der Waals surface area (Å²) in [6.45, 7) is 1.12. The van der Waals surface area contributed by atoms with Gasteiger partial charge in [-0.25, -0.2) is 9.78 Å². The molecule has 0 aromatic carbocycles. The minimum Gasteiger partial charge on any atom is -0.394 e. The lowest BCUT2D eigenvalue weighted by Crippen LogP contribution is -2.09. The summed E-state index contributed by atoms with van der Waals surface area (Å²) in [6, 6.07) is 0. The van der Waals surface area contributed by atoms with Gasteiger partial charge in [0.25, 0.3) is 0 Å². The average Bonchev–Trinajstić information content (AvgIpc) is 2.03. The lowest BCUT2D eigenvalue weighted by Gasteiger charge is -2.02. The molecule has 0 aliphatic carbocycles. The molecule has 0 atom stereocenters. The fourth-order valence-corrected chi connectivity index (χ4v) is 0.415. The van der Waals surface area contributed by atoms with Crippen LogP contribution in [0.5, 0.6) is 0 Å². The van der Waals surface area contributed by atoms with Crippen LogP contribution >= 0.6 is 0 Å². The summed E-state index contributed by atoms with van der Waals surface area (Å²) in [6.07, 6.45) is 0. The van der Waals surface area contributed by atoms with Crippen molar-refractivity contribution in [3.63, 3.8) is 0 Å². The van der Waals surface area contributed by atoms with Gasteiger partial charge in [0.15, 0.2) is 0 Å². The van der Waals surface area contributed by atoms with Gasteiger partial charge in [0.1, 0.15) is 13.2 Å². The van der Waals surface area contributed by atoms with Crippen molar-refractivity contribution in [1.82, 2.24) is 0 Å². The van der Waals surface area contributed by atoms with Crippen LogP contribution in [0.3, 0.4) is 0 Å². The van der Waals surface area contributed by atoms with Crippen LogP contribution in [0.4, 0.5) is 0 Å². The Morgan fingerprint density at radius 3 is 2.00 bits per heavy atom. The van der Waals surface area contributed by atoms with Gasteiger partial charge in [-0.2, -0.15) is 0 Å². The zero-order chi connectivity index (χ0) is 8.36. The Bertz CT molecular complexity index is 60.0. The maximum Gasteiger partial charge on any atom is 0.106 e. The fraction of sp³-hybridized carbons (Fsp3) is 1.00. The van der Waals surface area contributed by atoms with E-state index in [4.69, 9.17) is 14.9 Å². The van der Waals surface area contributed by atoms with E-state index in [-0.39, 0.29) is 19.8 Å². The molecule has 0 aliphatic rings. The van der Waals surface area contributed by atoms with Gasteiger partial charge in [-0.15, -0.1) is 0 Å². The first-order chi connectivity index (χ1) is 5.41. The summed E-state index contributed by atoms with van der Waals surface area (Å²) in [7, 11) is 0. The highest BCUT2D eigenvalue weighted by Gasteiger charge is 1.88. The first-order valence-corrected chi connectivity index (χ1v) is 3.45. The van der Waals surface area contributed by atoms with Crippen LogP contribution < -0.4 is 0 Å². The fourth-order valence-electron chi connectivity index (χ4n) is 0.415. The molecule has 2 N–H and O–H groups in total. The van der Waals surface area contributed by atoms with Crippen molar-refractivity contribution in [3.05, 3.63) is 0 Å². The summed E-state index contributed by atoms with van der Waals surface area (Å²) < 4.78 is 4.85. The summed E-state index contributed by atoms with van der Waals surface area (Å²) in [4.78, 5) is 9.02. The van der Waals surface area contributed by atoms with Crippen molar-refractivity contribution >= 4 is 0 Å². The van der Waals surface area contributed by atoms with E-state index in [0.717, 1.165) is 0 Å². The van der Waals surface area contributed by atoms with E-state index >= 15 is 0 Å². The minimum atomic E-state index is -0.0580. The molecule has 0 bridgehead atoms. The molecule has 11 heavy (non-hydrogen) atoms. The second kappa shape index (κ2) is 9.80. The van der Waals surface area contributed by atoms with E-state index in [9.17, 15) is 0 Å². The second-order valence-electron chi connectivity index (χ2n) is 1.70. The zero-order valence-electron chi connectivity index (χ0n) is 6.36. The van der Waals surface area contributed by atoms with E-state index in [1.54, 1.807) is 0 Å². The monoisotopic (exact) mass is 166 g/mol. The van der Waals surface area contributed by atoms with Crippen molar-refractivity contribution < 1.29 is 24.7 Å². The molecule has 0 heterocycles. The van der Waals surface area contributed by atoms with Crippen molar-refractivity contribution in [1.29, 1.82) is 0 Å². The maximum atomic E-state index is 8.28. The average molecular weight is 166 g/mol. The van der Waals surface area contributed by atoms with Gasteiger partial charge in [0.2, 0.25) is 0 Å². The van der Waals surface area contributed by atoms with E-state index in [1.807, 2.05) is 0 Å². The molecule has 0 fully saturated rings. The van der Waals surface area contributed by atoms with Crippen LogP contribution in [-0.4, -0.2) is 49.9 Å². The Hall–Kier alpha value is -0.200. The quantitative estimate of drug-likeness (QED) is 0.273. The molecular weight excluding hydrogens is 152 g/mol. The highest BCUT2D eigenvalue weighted by molar-refractivity contribution is 4.26. The molecule has 0 amide bonds. The molecule has 5 heteroatoms. The molecule has 68 valence electrons. The van der Waals surface area contributed by atoms with Gasteiger partial charge < -0.3 is 14.9 Å². The summed E-state index contributed by atoms with van der Waals surface area (Å²) in [5, 5.41) is 16.5. The predicted molar refractivity (Wildman–Crippen MR) is 36.9 cm³/mol. The first kappa shape index (κ1) is 10.8. The molecule has 0 aromatic heterocycles. The van der Waals surface area contributed by atoms with E-state index in [2.05, 4.69) is 9.78 Å². The molecule has 0 aliphatic heterocycles. The van der Waals surface area contributed by atoms with Gasteiger partial charge in [0.05, 0.1) is 26.4 Å². The van der Waals surface area contributed by atoms with E-state index in [1.165, 1.54) is 0 Å². The van der Waals surface area contributed by atoms with E-state index < -0.39 is 0 Å². The van der Waals surface area contributed by atoms with Gasteiger partial charge >= 0.3 is 0 Å². The van der Waals surface area contributed by atoms with Crippen LogP contribution in [0.25, 0.3) is 0 Å². The van der Waals surface area contributed by atoms with Gasteiger partial charge in [-0.05, 0) is 0 Å². The van der Waals surface area contributed by atoms with Gasteiger partial charge in [-0.3, -0.25) is 0 Å². The molecule has 5 nitrogen and oxygen atoms in total. The highest BCUT2D eigenvalue weighted by Crippen LogP contribution is 1.79. The predicted octanol–water partition coefficient (Wildman–Crippen LogP) is -1.06. The lowest BCUT2D eigenvalue weighted by atomic mass is 10.7. The number of aliphatic hydroxyl groups is 2. The van der Waals surface area contributed by atoms with Crippen molar-refractivity contribution in [2.75, 3.05) is 39.6 Å². The topological polar surface area (TPSA) is 68.2 Å². The maximum absolute atomic E-state index is 8.28. The molecule has 0 saturated heterocycles. The third-order valence-electron chi connectivity index (χ3n) is 0.805. The van der Waals surface area contributed by atoms with Crippen LogP contribution in [0.2, 0.25) is 0 Å². The largest absolute Gasteiger partial charge is 0.394 e. The summed E-state index contributed by atoms with van der Waals surface area (Å²) in [5.41, 5.74) is 0. The Balaban J connectivity index is 2.69. The molecule has 0 spiro atoms. The molecule has 0 rings (SSSR count). The number of rotatable bonds is 8. The van der Waals surface area contributed by atoms with Crippen LogP contribution in [0, 0.1) is 0 Å². The zero-order valence-corrected chi connectivity index (χ0v) is 6.36. The minimum absolute atomic E-state index is 0.0114. The second-order valence-corrected chi connectivity index (χ2v) is 1.70. The molecule has 0 radical (unpaired) electrons. The van der Waals surface area contributed by atoms with Gasteiger partial charge in [0, 0.05) is 0 Å². The van der Waals surface area contributed by atoms with Crippen LogP contribution in [0.1, 0.15) is 0 Å². The molecule has 0 unspecified atom stereocenters. The van der Waals surface area contributed by atoms with Crippen molar-refractivity contribution in [2.45, 2.75) is 0 Å². The number of hydrogen-bond acceptors (Lipinski definition) is 5. The Labute approximate surface area is 65.4 Å². The van der Waals surface area contributed by atoms with Crippen LogP contribution in [-0.2, 0) is 14.5 Å². The van der Waals surface area contributed by atoms with E-state index in [0.29, 0.717) is 19.8 Å². The van der Waals surface area contributed by atoms with Gasteiger partial charge in [-0.1, -0.05) is 0 Å². The summed E-state index contributed by atoms with van der Waals surface area (Å²) in [5.74, 6) is 0. The first-order valence-electron chi connectivity index (χ1n) is 3.45. The van der Waals surface area contributed by atoms with Crippen LogP contribution in [0.15, 0.2) is 0 Å².